The number of aryl methyl sites for hydroxylation is 1. The number of H-pyrrole nitrogens is 1. The molecule has 0 radical (unpaired) electrons. The van der Waals surface area contributed by atoms with Crippen molar-refractivity contribution in [2.45, 2.75) is 25.4 Å². The number of nitrogens with zero attached hydrogens (tertiary/aromatic N) is 2. The van der Waals surface area contributed by atoms with Crippen molar-refractivity contribution in [1.29, 1.82) is 0 Å². The van der Waals surface area contributed by atoms with Gasteiger partial charge in [-0.15, -0.1) is 0 Å². The van der Waals surface area contributed by atoms with Crippen molar-refractivity contribution in [3.05, 3.63) is 10.6 Å². The minimum absolute atomic E-state index is 0.122. The summed E-state index contributed by atoms with van der Waals surface area (Å²) >= 11 is 5.01. The molecule has 13 heavy (non-hydrogen) atoms. The van der Waals surface area contributed by atoms with E-state index in [0.29, 0.717) is 4.77 Å². The van der Waals surface area contributed by atoms with Gasteiger partial charge in [0.05, 0.1) is 0 Å². The van der Waals surface area contributed by atoms with Crippen LogP contribution in [-0.4, -0.2) is 21.4 Å². The SMILES string of the molecule is Cn1[nH]c(C2CCCCO2)nc1=S. The first kappa shape index (κ1) is 8.90. The topological polar surface area (TPSA) is 42.8 Å². The predicted molar refractivity (Wildman–Crippen MR) is 50.9 cm³/mol. The van der Waals surface area contributed by atoms with Crippen LogP contribution in [0.4, 0.5) is 0 Å². The van der Waals surface area contributed by atoms with Gasteiger partial charge in [-0.2, -0.15) is 0 Å². The van der Waals surface area contributed by atoms with Gasteiger partial charge in [0, 0.05) is 13.7 Å². The predicted octanol–water partition coefficient (Wildman–Crippen LogP) is 1.72. The second-order valence-corrected chi connectivity index (χ2v) is 3.67. The van der Waals surface area contributed by atoms with Crippen molar-refractivity contribution in [3.8, 4) is 0 Å². The zero-order valence-corrected chi connectivity index (χ0v) is 8.43. The van der Waals surface area contributed by atoms with Crippen molar-refractivity contribution in [3.63, 3.8) is 0 Å². The number of aromatic nitrogens is 3. The molecular formula is C8H13N3OS. The Morgan fingerprint density at radius 2 is 2.46 bits per heavy atom. The summed E-state index contributed by atoms with van der Waals surface area (Å²) < 4.78 is 7.90. The van der Waals surface area contributed by atoms with Gasteiger partial charge in [0.25, 0.3) is 0 Å². The Morgan fingerprint density at radius 3 is 3.00 bits per heavy atom. The fourth-order valence-corrected chi connectivity index (χ4v) is 1.67. The maximum atomic E-state index is 5.58. The van der Waals surface area contributed by atoms with Gasteiger partial charge >= 0.3 is 0 Å². The Morgan fingerprint density at radius 1 is 1.62 bits per heavy atom. The molecule has 1 aliphatic heterocycles. The first-order valence-corrected chi connectivity index (χ1v) is 4.93. The maximum Gasteiger partial charge on any atom is 0.215 e. The van der Waals surface area contributed by atoms with E-state index in [9.17, 15) is 0 Å². The Kier molecular flexibility index (Phi) is 2.46. The highest BCUT2D eigenvalue weighted by Gasteiger charge is 2.18. The highest BCUT2D eigenvalue weighted by atomic mass is 32.1. The van der Waals surface area contributed by atoms with Crippen LogP contribution >= 0.6 is 12.2 Å². The van der Waals surface area contributed by atoms with Gasteiger partial charge in [-0.3, -0.25) is 9.78 Å². The van der Waals surface area contributed by atoms with Gasteiger partial charge in [0.15, 0.2) is 5.82 Å². The van der Waals surface area contributed by atoms with E-state index in [4.69, 9.17) is 17.0 Å². The van der Waals surface area contributed by atoms with Crippen molar-refractivity contribution < 1.29 is 4.74 Å². The van der Waals surface area contributed by atoms with E-state index < -0.39 is 0 Å². The van der Waals surface area contributed by atoms with Crippen molar-refractivity contribution in [1.82, 2.24) is 14.8 Å². The number of ether oxygens (including phenoxy) is 1. The lowest BCUT2D eigenvalue weighted by Crippen LogP contribution is -2.13. The summed E-state index contributed by atoms with van der Waals surface area (Å²) in [5, 5.41) is 3.09. The van der Waals surface area contributed by atoms with E-state index in [1.54, 1.807) is 4.68 Å². The molecule has 1 aliphatic rings. The molecule has 1 atom stereocenters. The third-order valence-electron chi connectivity index (χ3n) is 2.27. The van der Waals surface area contributed by atoms with E-state index >= 15 is 0 Å². The quantitative estimate of drug-likeness (QED) is 0.700. The molecule has 4 nitrogen and oxygen atoms in total. The third kappa shape index (κ3) is 1.81. The smallest absolute Gasteiger partial charge is 0.215 e. The number of nitrogens with one attached hydrogen (secondary N) is 1. The monoisotopic (exact) mass is 199 g/mol. The Labute approximate surface area is 81.9 Å². The Balaban J connectivity index is 2.19. The molecule has 1 fully saturated rings. The number of rotatable bonds is 1. The standard InChI is InChI=1S/C8H13N3OS/c1-11-8(13)9-7(10-11)6-4-2-3-5-12-6/h6H,2-5H2,1H3,(H,9,10,13). The fourth-order valence-electron chi connectivity index (χ4n) is 1.52. The van der Waals surface area contributed by atoms with Crippen LogP contribution < -0.4 is 0 Å². The zero-order valence-electron chi connectivity index (χ0n) is 7.62. The molecule has 1 saturated heterocycles. The van der Waals surface area contributed by atoms with Gasteiger partial charge < -0.3 is 4.74 Å². The Hall–Kier alpha value is -0.680. The minimum atomic E-state index is 0.122. The largest absolute Gasteiger partial charge is 0.370 e. The van der Waals surface area contributed by atoms with Gasteiger partial charge in [-0.05, 0) is 31.5 Å². The molecule has 1 N–H and O–H groups in total. The number of aromatic amines is 1. The molecule has 1 aromatic heterocycles. The molecule has 0 bridgehead atoms. The average Bonchev–Trinajstić information content (AvgIpc) is 2.49. The van der Waals surface area contributed by atoms with E-state index in [-0.39, 0.29) is 6.10 Å². The van der Waals surface area contributed by atoms with Crippen LogP contribution in [-0.2, 0) is 11.8 Å². The molecule has 0 saturated carbocycles. The maximum absolute atomic E-state index is 5.58. The fraction of sp³-hybridized carbons (Fsp3) is 0.750. The van der Waals surface area contributed by atoms with Gasteiger partial charge in [0.2, 0.25) is 4.77 Å². The first-order chi connectivity index (χ1) is 6.27. The van der Waals surface area contributed by atoms with Crippen LogP contribution in [0.15, 0.2) is 0 Å². The highest BCUT2D eigenvalue weighted by molar-refractivity contribution is 7.71. The molecule has 0 aromatic carbocycles. The summed E-state index contributed by atoms with van der Waals surface area (Å²) in [4.78, 5) is 4.23. The van der Waals surface area contributed by atoms with Crippen LogP contribution in [0.1, 0.15) is 31.2 Å². The van der Waals surface area contributed by atoms with E-state index in [1.165, 1.54) is 6.42 Å². The Bertz CT molecular complexity index is 337. The van der Waals surface area contributed by atoms with Crippen LogP contribution in [0, 0.1) is 4.77 Å². The van der Waals surface area contributed by atoms with Gasteiger partial charge in [-0.25, -0.2) is 4.98 Å². The lowest BCUT2D eigenvalue weighted by molar-refractivity contribution is 0.00942. The second kappa shape index (κ2) is 3.59. The lowest BCUT2D eigenvalue weighted by atomic mass is 10.1. The van der Waals surface area contributed by atoms with Crippen LogP contribution in [0.25, 0.3) is 0 Å². The minimum Gasteiger partial charge on any atom is -0.370 e. The summed E-state index contributed by atoms with van der Waals surface area (Å²) in [5.41, 5.74) is 0. The van der Waals surface area contributed by atoms with Gasteiger partial charge in [-0.1, -0.05) is 0 Å². The summed E-state index contributed by atoms with van der Waals surface area (Å²) in [5.74, 6) is 0.868. The third-order valence-corrected chi connectivity index (χ3v) is 2.64. The zero-order chi connectivity index (χ0) is 9.26. The van der Waals surface area contributed by atoms with E-state index in [1.807, 2.05) is 7.05 Å². The summed E-state index contributed by atoms with van der Waals surface area (Å²) in [6.45, 7) is 0.835. The van der Waals surface area contributed by atoms with E-state index in [0.717, 1.165) is 25.3 Å². The molecule has 5 heteroatoms. The molecule has 2 rings (SSSR count). The average molecular weight is 199 g/mol. The number of hydrogen-bond donors (Lipinski definition) is 1. The summed E-state index contributed by atoms with van der Waals surface area (Å²) in [7, 11) is 1.86. The second-order valence-electron chi connectivity index (χ2n) is 3.31. The lowest BCUT2D eigenvalue weighted by Gasteiger charge is -2.19. The van der Waals surface area contributed by atoms with E-state index in [2.05, 4.69) is 10.1 Å². The van der Waals surface area contributed by atoms with Gasteiger partial charge in [0.1, 0.15) is 6.10 Å². The molecule has 72 valence electrons. The van der Waals surface area contributed by atoms with Crippen molar-refractivity contribution in [2.75, 3.05) is 6.61 Å². The normalized spacial score (nSPS) is 23.3. The molecular weight excluding hydrogens is 186 g/mol. The van der Waals surface area contributed by atoms with Crippen LogP contribution in [0.3, 0.4) is 0 Å². The highest BCUT2D eigenvalue weighted by Crippen LogP contribution is 2.24. The molecule has 0 aliphatic carbocycles. The summed E-state index contributed by atoms with van der Waals surface area (Å²) in [6.07, 6.45) is 3.53. The van der Waals surface area contributed by atoms with Crippen LogP contribution in [0.5, 0.6) is 0 Å². The molecule has 1 aromatic rings. The molecule has 0 amide bonds. The number of hydrogen-bond acceptors (Lipinski definition) is 3. The summed E-state index contributed by atoms with van der Waals surface area (Å²) in [6, 6.07) is 0. The van der Waals surface area contributed by atoms with Crippen LogP contribution in [0.2, 0.25) is 0 Å². The van der Waals surface area contributed by atoms with Crippen molar-refractivity contribution in [2.24, 2.45) is 7.05 Å². The first-order valence-electron chi connectivity index (χ1n) is 4.52. The molecule has 1 unspecified atom stereocenters. The molecule has 0 spiro atoms. The molecule has 2 heterocycles. The van der Waals surface area contributed by atoms with Crippen molar-refractivity contribution >= 4 is 12.2 Å².